The molecule has 9 atom stereocenters. The van der Waals surface area contributed by atoms with Crippen LogP contribution in [0.3, 0.4) is 0 Å². The van der Waals surface area contributed by atoms with Crippen LogP contribution in [-0.2, 0) is 4.79 Å². The Labute approximate surface area is 202 Å². The maximum Gasteiger partial charge on any atom is 0.138 e. The molecule has 4 aliphatic rings. The molecule has 0 saturated heterocycles. The lowest BCUT2D eigenvalue weighted by Crippen LogP contribution is -2.63. The monoisotopic (exact) mass is 458 g/mol. The molecular weight excluding hydrogens is 408 g/mol. The molecule has 0 amide bonds. The van der Waals surface area contributed by atoms with Crippen LogP contribution in [-0.4, -0.2) is 27.7 Å². The minimum absolute atomic E-state index is 0.196. The van der Waals surface area contributed by atoms with Gasteiger partial charge in [0.25, 0.3) is 0 Å². The summed E-state index contributed by atoms with van der Waals surface area (Å²) in [7, 11) is 0. The van der Waals surface area contributed by atoms with Gasteiger partial charge in [-0.05, 0) is 112 Å². The first-order valence-corrected chi connectivity index (χ1v) is 13.7. The quantitative estimate of drug-likeness (QED) is 0.450. The van der Waals surface area contributed by atoms with E-state index in [0.717, 1.165) is 31.3 Å². The SMILES string of the molecule is C=C(C)C(O)CC[C@](C)(O)[C@H]1CC[C@]2(C)[C@@H]1CC[C@@H]1[C@@]3(C)CCC(=O)C(C)(C)[C@@H]3CC[C@]12C. The van der Waals surface area contributed by atoms with Gasteiger partial charge in [0.15, 0.2) is 0 Å². The summed E-state index contributed by atoms with van der Waals surface area (Å²) in [4.78, 5) is 12.9. The van der Waals surface area contributed by atoms with E-state index in [0.29, 0.717) is 42.3 Å². The molecule has 0 aromatic carbocycles. The van der Waals surface area contributed by atoms with Gasteiger partial charge in [-0.15, -0.1) is 0 Å². The Morgan fingerprint density at radius 2 is 1.67 bits per heavy atom. The number of carbonyl (C=O) groups is 1. The molecule has 33 heavy (non-hydrogen) atoms. The second-order valence-electron chi connectivity index (χ2n) is 14.2. The summed E-state index contributed by atoms with van der Waals surface area (Å²) in [5, 5.41) is 21.9. The molecule has 4 saturated carbocycles. The molecule has 1 unspecified atom stereocenters. The van der Waals surface area contributed by atoms with E-state index in [-0.39, 0.29) is 21.7 Å². The molecular formula is C30H50O3. The van der Waals surface area contributed by atoms with Crippen LogP contribution in [0.4, 0.5) is 0 Å². The summed E-state index contributed by atoms with van der Waals surface area (Å²) < 4.78 is 0. The van der Waals surface area contributed by atoms with Crippen molar-refractivity contribution in [1.29, 1.82) is 0 Å². The topological polar surface area (TPSA) is 57.5 Å². The number of hydrogen-bond donors (Lipinski definition) is 2. The lowest BCUT2D eigenvalue weighted by Gasteiger charge is -2.69. The Morgan fingerprint density at radius 3 is 2.30 bits per heavy atom. The first kappa shape index (κ1) is 25.4. The van der Waals surface area contributed by atoms with Gasteiger partial charge in [-0.1, -0.05) is 46.8 Å². The summed E-state index contributed by atoms with van der Waals surface area (Å²) >= 11 is 0. The Kier molecular flexibility index (Phi) is 6.10. The van der Waals surface area contributed by atoms with E-state index in [4.69, 9.17) is 0 Å². The summed E-state index contributed by atoms with van der Waals surface area (Å²) in [6.45, 7) is 19.9. The molecule has 0 heterocycles. The molecule has 0 radical (unpaired) electrons. The smallest absolute Gasteiger partial charge is 0.138 e. The average Bonchev–Trinajstić information content (AvgIpc) is 3.08. The van der Waals surface area contributed by atoms with Crippen LogP contribution >= 0.6 is 0 Å². The number of hydrogen-bond acceptors (Lipinski definition) is 3. The van der Waals surface area contributed by atoms with Crippen molar-refractivity contribution in [1.82, 2.24) is 0 Å². The second kappa shape index (κ2) is 7.92. The highest BCUT2D eigenvalue weighted by Crippen LogP contribution is 2.75. The Bertz CT molecular complexity index is 811. The summed E-state index contributed by atoms with van der Waals surface area (Å²) in [5.41, 5.74) is 0.580. The number of rotatable bonds is 5. The predicted molar refractivity (Wildman–Crippen MR) is 135 cm³/mol. The molecule has 3 nitrogen and oxygen atoms in total. The van der Waals surface area contributed by atoms with Crippen LogP contribution in [0.1, 0.15) is 113 Å². The highest BCUT2D eigenvalue weighted by molar-refractivity contribution is 5.85. The molecule has 4 fully saturated rings. The summed E-state index contributed by atoms with van der Waals surface area (Å²) in [6, 6.07) is 0. The van der Waals surface area contributed by atoms with E-state index < -0.39 is 11.7 Å². The van der Waals surface area contributed by atoms with Crippen molar-refractivity contribution in [3.63, 3.8) is 0 Å². The largest absolute Gasteiger partial charge is 0.390 e. The van der Waals surface area contributed by atoms with Gasteiger partial charge < -0.3 is 10.2 Å². The lowest BCUT2D eigenvalue weighted by molar-refractivity contribution is -0.207. The molecule has 3 heteroatoms. The third-order valence-corrected chi connectivity index (χ3v) is 12.4. The van der Waals surface area contributed by atoms with E-state index >= 15 is 0 Å². The predicted octanol–water partition coefficient (Wildman–Crippen LogP) is 6.71. The normalized spacial score (nSPS) is 47.1. The van der Waals surface area contributed by atoms with Crippen molar-refractivity contribution in [2.24, 2.45) is 45.3 Å². The molecule has 0 spiro atoms. The summed E-state index contributed by atoms with van der Waals surface area (Å²) in [6.07, 6.45) is 9.58. The average molecular weight is 459 g/mol. The fourth-order valence-electron chi connectivity index (χ4n) is 10.1. The zero-order valence-electron chi connectivity index (χ0n) is 22.5. The van der Waals surface area contributed by atoms with Crippen molar-refractivity contribution in [2.75, 3.05) is 0 Å². The highest BCUT2D eigenvalue weighted by Gasteiger charge is 2.69. The van der Waals surface area contributed by atoms with Crippen LogP contribution in [0.25, 0.3) is 0 Å². The molecule has 2 N–H and O–H groups in total. The maximum atomic E-state index is 12.9. The fraction of sp³-hybridized carbons (Fsp3) is 0.900. The third kappa shape index (κ3) is 3.53. The van der Waals surface area contributed by atoms with Crippen molar-refractivity contribution in [3.05, 3.63) is 12.2 Å². The van der Waals surface area contributed by atoms with Crippen LogP contribution < -0.4 is 0 Å². The highest BCUT2D eigenvalue weighted by atomic mass is 16.3. The Morgan fingerprint density at radius 1 is 1.03 bits per heavy atom. The van der Waals surface area contributed by atoms with E-state index in [1.165, 1.54) is 25.7 Å². The zero-order chi connectivity index (χ0) is 24.6. The minimum Gasteiger partial charge on any atom is -0.390 e. The lowest BCUT2D eigenvalue weighted by atomic mass is 9.35. The van der Waals surface area contributed by atoms with Gasteiger partial charge in [0.1, 0.15) is 5.78 Å². The summed E-state index contributed by atoms with van der Waals surface area (Å²) in [5.74, 6) is 2.46. The molecule has 188 valence electrons. The molecule has 0 aliphatic heterocycles. The van der Waals surface area contributed by atoms with E-state index in [9.17, 15) is 15.0 Å². The molecule has 4 rings (SSSR count). The van der Waals surface area contributed by atoms with Gasteiger partial charge in [0.2, 0.25) is 0 Å². The number of aliphatic hydroxyl groups is 2. The van der Waals surface area contributed by atoms with Gasteiger partial charge >= 0.3 is 0 Å². The Hall–Kier alpha value is -0.670. The first-order chi connectivity index (χ1) is 15.1. The van der Waals surface area contributed by atoms with Crippen molar-refractivity contribution in [2.45, 2.75) is 124 Å². The number of Topliss-reactive ketones (excluding diaryl/α,β-unsaturated/α-hetero) is 1. The van der Waals surface area contributed by atoms with Gasteiger partial charge in [0.05, 0.1) is 11.7 Å². The van der Waals surface area contributed by atoms with E-state index in [1.807, 2.05) is 13.8 Å². The second-order valence-corrected chi connectivity index (χ2v) is 14.2. The van der Waals surface area contributed by atoms with Crippen LogP contribution in [0.5, 0.6) is 0 Å². The van der Waals surface area contributed by atoms with Crippen LogP contribution in [0, 0.1) is 45.3 Å². The third-order valence-electron chi connectivity index (χ3n) is 12.4. The molecule has 0 aromatic rings. The molecule has 4 aliphatic carbocycles. The van der Waals surface area contributed by atoms with E-state index in [2.05, 4.69) is 41.2 Å². The zero-order valence-corrected chi connectivity index (χ0v) is 22.5. The Balaban J connectivity index is 1.60. The fourth-order valence-corrected chi connectivity index (χ4v) is 10.1. The van der Waals surface area contributed by atoms with Gasteiger partial charge in [0, 0.05) is 11.8 Å². The number of carbonyl (C=O) groups excluding carboxylic acids is 1. The van der Waals surface area contributed by atoms with Crippen molar-refractivity contribution in [3.8, 4) is 0 Å². The van der Waals surface area contributed by atoms with Gasteiger partial charge in [-0.3, -0.25) is 4.79 Å². The number of fused-ring (bicyclic) bond motifs is 5. The maximum absolute atomic E-state index is 12.9. The minimum atomic E-state index is -0.748. The van der Waals surface area contributed by atoms with E-state index in [1.54, 1.807) is 0 Å². The van der Waals surface area contributed by atoms with Crippen LogP contribution in [0.15, 0.2) is 12.2 Å². The number of aliphatic hydroxyl groups excluding tert-OH is 1. The van der Waals surface area contributed by atoms with Crippen LogP contribution in [0.2, 0.25) is 0 Å². The van der Waals surface area contributed by atoms with Crippen molar-refractivity contribution < 1.29 is 15.0 Å². The van der Waals surface area contributed by atoms with Crippen molar-refractivity contribution >= 4 is 5.78 Å². The van der Waals surface area contributed by atoms with Gasteiger partial charge in [-0.25, -0.2) is 0 Å². The molecule has 0 aromatic heterocycles. The standard InChI is InChI=1S/C30H50O3/c1-19(2)22(31)12-18-30(8,33)21-11-16-28(6)20(21)9-10-24-27(5)15-14-25(32)26(3,4)23(27)13-17-29(24,28)7/h20-24,31,33H,1,9-18H2,2-8H3/t20-,21+,22?,23+,24-,27+,28-,29-,30+/m1/s1. The molecule has 0 bridgehead atoms. The van der Waals surface area contributed by atoms with Gasteiger partial charge in [-0.2, -0.15) is 0 Å². The number of ketones is 1. The first-order valence-electron chi connectivity index (χ1n) is 13.7.